The van der Waals surface area contributed by atoms with Crippen molar-refractivity contribution < 1.29 is 31.1 Å². The van der Waals surface area contributed by atoms with Crippen molar-refractivity contribution >= 4 is 11.8 Å². The normalized spacial score (nSPS) is 19.2. The van der Waals surface area contributed by atoms with E-state index in [2.05, 4.69) is 69.4 Å². The summed E-state index contributed by atoms with van der Waals surface area (Å²) in [6.45, 7) is 8.82. The van der Waals surface area contributed by atoms with E-state index in [0.717, 1.165) is 19.3 Å². The van der Waals surface area contributed by atoms with Crippen molar-refractivity contribution in [3.63, 3.8) is 0 Å². The van der Waals surface area contributed by atoms with Crippen LogP contribution in [0.3, 0.4) is 0 Å². The third-order valence-electron chi connectivity index (χ3n) is 3.83. The first-order chi connectivity index (χ1) is 9.52. The smallest absolute Gasteiger partial charge is 0.0368 e. The molecule has 0 saturated heterocycles. The Morgan fingerprint density at radius 1 is 1.38 bits per heavy atom. The van der Waals surface area contributed by atoms with Crippen LogP contribution in [-0.4, -0.2) is 5.54 Å². The SMILES string of the molecule is CCCc1c[c-]c2c(c1)NC(C)(CCC=C(C)C)C=C2.[U]. The van der Waals surface area contributed by atoms with Gasteiger partial charge in [0.25, 0.3) is 0 Å². The predicted octanol–water partition coefficient (Wildman–Crippen LogP) is 5.38. The molecule has 0 spiro atoms. The number of nitrogens with one attached hydrogen (secondary N) is 1. The van der Waals surface area contributed by atoms with Crippen molar-refractivity contribution in [2.75, 3.05) is 5.32 Å². The van der Waals surface area contributed by atoms with Gasteiger partial charge < -0.3 is 5.32 Å². The van der Waals surface area contributed by atoms with E-state index < -0.39 is 0 Å². The van der Waals surface area contributed by atoms with Crippen molar-refractivity contribution in [1.82, 2.24) is 0 Å². The van der Waals surface area contributed by atoms with E-state index in [-0.39, 0.29) is 36.7 Å². The van der Waals surface area contributed by atoms with Crippen LogP contribution in [0, 0.1) is 37.2 Å². The molecule has 0 aromatic heterocycles. The van der Waals surface area contributed by atoms with Crippen molar-refractivity contribution in [2.24, 2.45) is 0 Å². The Labute approximate surface area is 153 Å². The molecule has 1 aliphatic rings. The van der Waals surface area contributed by atoms with Gasteiger partial charge in [0.05, 0.1) is 0 Å². The zero-order chi connectivity index (χ0) is 14.6. The molecule has 1 nitrogen and oxygen atoms in total. The van der Waals surface area contributed by atoms with Crippen molar-refractivity contribution in [2.45, 2.75) is 58.9 Å². The van der Waals surface area contributed by atoms with Crippen LogP contribution in [0.15, 0.2) is 29.9 Å². The van der Waals surface area contributed by atoms with E-state index in [9.17, 15) is 0 Å². The van der Waals surface area contributed by atoms with Crippen LogP contribution in [0.1, 0.15) is 58.1 Å². The first-order valence-corrected chi connectivity index (χ1v) is 7.68. The molecule has 1 aromatic rings. The Morgan fingerprint density at radius 2 is 2.14 bits per heavy atom. The van der Waals surface area contributed by atoms with Gasteiger partial charge in [-0.1, -0.05) is 31.4 Å². The average molecular weight is 506 g/mol. The van der Waals surface area contributed by atoms with Crippen LogP contribution in [0.25, 0.3) is 6.08 Å². The standard InChI is InChI=1S/C19H26N.U/c1-5-7-16-9-10-17-11-13-19(4,20-18(17)14-16)12-6-8-15(2)3;/h8-9,11,13-14,20H,5-7,12H2,1-4H3;/q-1;. The van der Waals surface area contributed by atoms with Crippen molar-refractivity contribution in [3.05, 3.63) is 47.1 Å². The van der Waals surface area contributed by atoms with E-state index in [0.29, 0.717) is 0 Å². The monoisotopic (exact) mass is 506 g/mol. The number of rotatable bonds is 5. The molecule has 0 amide bonds. The topological polar surface area (TPSA) is 12.0 Å². The van der Waals surface area contributed by atoms with E-state index >= 15 is 0 Å². The van der Waals surface area contributed by atoms with Gasteiger partial charge in [-0.2, -0.15) is 0 Å². The van der Waals surface area contributed by atoms with Crippen molar-refractivity contribution in [3.8, 4) is 0 Å². The predicted molar refractivity (Wildman–Crippen MR) is 89.0 cm³/mol. The second kappa shape index (κ2) is 8.25. The number of hydrogen-bond donors (Lipinski definition) is 1. The second-order valence-electron chi connectivity index (χ2n) is 6.28. The molecule has 2 heteroatoms. The van der Waals surface area contributed by atoms with Crippen LogP contribution in [0.4, 0.5) is 5.69 Å². The van der Waals surface area contributed by atoms with E-state index in [1.54, 1.807) is 0 Å². The molecule has 2 rings (SSSR count). The summed E-state index contributed by atoms with van der Waals surface area (Å²) in [5.41, 5.74) is 5.24. The maximum atomic E-state index is 3.70. The molecule has 1 heterocycles. The van der Waals surface area contributed by atoms with E-state index in [1.165, 1.54) is 28.8 Å². The summed E-state index contributed by atoms with van der Waals surface area (Å²) in [5.74, 6) is 0. The van der Waals surface area contributed by atoms with Gasteiger partial charge in [-0.3, -0.25) is 0 Å². The van der Waals surface area contributed by atoms with Crippen LogP contribution in [0.2, 0.25) is 0 Å². The van der Waals surface area contributed by atoms with Gasteiger partial charge in [-0.25, -0.2) is 0 Å². The Balaban J connectivity index is 0.00000220. The number of benzene rings is 1. The molecule has 1 N–H and O–H groups in total. The van der Waals surface area contributed by atoms with Gasteiger partial charge >= 0.3 is 0 Å². The summed E-state index contributed by atoms with van der Waals surface area (Å²) in [7, 11) is 0. The quantitative estimate of drug-likeness (QED) is 0.418. The molecule has 1 aliphatic heterocycles. The molecule has 1 atom stereocenters. The van der Waals surface area contributed by atoms with E-state index in [4.69, 9.17) is 0 Å². The fourth-order valence-electron chi connectivity index (χ4n) is 2.65. The maximum Gasteiger partial charge on any atom is 0.0368 e. The molecular formula is C19H26NU-. The number of hydrogen-bond acceptors (Lipinski definition) is 1. The maximum absolute atomic E-state index is 3.70. The molecule has 1 aromatic carbocycles. The minimum Gasteiger partial charge on any atom is -0.416 e. The molecule has 0 aliphatic carbocycles. The summed E-state index contributed by atoms with van der Waals surface area (Å²) < 4.78 is 0. The Hall–Kier alpha value is -0.448. The summed E-state index contributed by atoms with van der Waals surface area (Å²) in [4.78, 5) is 0. The Morgan fingerprint density at radius 3 is 2.81 bits per heavy atom. The van der Waals surface area contributed by atoms with Gasteiger partial charge in [0.2, 0.25) is 0 Å². The zero-order valence-corrected chi connectivity index (χ0v) is 17.9. The molecule has 1 unspecified atom stereocenters. The minimum absolute atomic E-state index is 0. The van der Waals surface area contributed by atoms with Gasteiger partial charge in [0.15, 0.2) is 0 Å². The minimum atomic E-state index is 0. The Bertz CT molecular complexity index is 526. The van der Waals surface area contributed by atoms with Gasteiger partial charge in [0.1, 0.15) is 0 Å². The Kier molecular flexibility index (Phi) is 7.31. The molecule has 21 heavy (non-hydrogen) atoms. The largest absolute Gasteiger partial charge is 0.416 e. The van der Waals surface area contributed by atoms with Gasteiger partial charge in [-0.05, 0) is 39.3 Å². The van der Waals surface area contributed by atoms with Gasteiger partial charge in [-0.15, -0.1) is 41.5 Å². The zero-order valence-electron chi connectivity index (χ0n) is 13.7. The molecule has 0 bridgehead atoms. The molecular weight excluding hydrogens is 480 g/mol. The van der Waals surface area contributed by atoms with E-state index in [1.807, 2.05) is 0 Å². The molecule has 0 radical (unpaired) electrons. The number of allylic oxidation sites excluding steroid dienone is 2. The van der Waals surface area contributed by atoms with Crippen molar-refractivity contribution in [1.29, 1.82) is 0 Å². The van der Waals surface area contributed by atoms with Crippen LogP contribution in [-0.2, 0) is 6.42 Å². The summed E-state index contributed by atoms with van der Waals surface area (Å²) in [6, 6.07) is 7.81. The second-order valence-corrected chi connectivity index (χ2v) is 6.28. The molecule has 0 fully saturated rings. The summed E-state index contributed by atoms with van der Waals surface area (Å²) in [6.07, 6.45) is 11.4. The van der Waals surface area contributed by atoms with Crippen LogP contribution in [0.5, 0.6) is 0 Å². The van der Waals surface area contributed by atoms with Crippen LogP contribution < -0.4 is 5.32 Å². The number of fused-ring (bicyclic) bond motifs is 1. The first kappa shape index (κ1) is 18.6. The number of anilines is 1. The fourth-order valence-corrected chi connectivity index (χ4v) is 2.65. The van der Waals surface area contributed by atoms with Gasteiger partial charge in [0, 0.05) is 36.7 Å². The summed E-state index contributed by atoms with van der Waals surface area (Å²) >= 11 is 0. The molecule has 0 saturated carbocycles. The summed E-state index contributed by atoms with van der Waals surface area (Å²) in [5, 5.41) is 3.70. The fraction of sp³-hybridized carbons (Fsp3) is 0.474. The number of aryl methyl sites for hydroxylation is 1. The third kappa shape index (κ3) is 5.35. The van der Waals surface area contributed by atoms with Crippen LogP contribution >= 0.6 is 0 Å². The third-order valence-corrected chi connectivity index (χ3v) is 3.83. The average Bonchev–Trinajstić information content (AvgIpc) is 2.38. The molecule has 112 valence electrons. The first-order valence-electron chi connectivity index (χ1n) is 7.68.